The SMILES string of the molecule is CCc1cc(CNCC(C)(C)O)ccc1OC. The summed E-state index contributed by atoms with van der Waals surface area (Å²) < 4.78 is 5.29. The van der Waals surface area contributed by atoms with Crippen molar-refractivity contribution in [2.75, 3.05) is 13.7 Å². The van der Waals surface area contributed by atoms with Crippen molar-refractivity contribution in [2.45, 2.75) is 39.3 Å². The van der Waals surface area contributed by atoms with E-state index in [1.165, 1.54) is 11.1 Å². The van der Waals surface area contributed by atoms with Gasteiger partial charge in [0.15, 0.2) is 0 Å². The van der Waals surface area contributed by atoms with E-state index in [4.69, 9.17) is 4.74 Å². The Labute approximate surface area is 104 Å². The van der Waals surface area contributed by atoms with Gasteiger partial charge in [0.05, 0.1) is 12.7 Å². The molecule has 0 heterocycles. The van der Waals surface area contributed by atoms with Crippen LogP contribution in [0.1, 0.15) is 31.9 Å². The fraction of sp³-hybridized carbons (Fsp3) is 0.571. The van der Waals surface area contributed by atoms with Crippen molar-refractivity contribution >= 4 is 0 Å². The molecule has 3 heteroatoms. The first-order valence-electron chi connectivity index (χ1n) is 6.05. The molecule has 0 aromatic heterocycles. The van der Waals surface area contributed by atoms with Crippen LogP contribution in [-0.2, 0) is 13.0 Å². The molecule has 0 saturated heterocycles. The first-order valence-corrected chi connectivity index (χ1v) is 6.05. The number of methoxy groups -OCH3 is 1. The molecule has 1 aromatic carbocycles. The molecule has 0 bridgehead atoms. The van der Waals surface area contributed by atoms with Gasteiger partial charge in [0.1, 0.15) is 5.75 Å². The van der Waals surface area contributed by atoms with Gasteiger partial charge in [-0.1, -0.05) is 19.1 Å². The van der Waals surface area contributed by atoms with Crippen molar-refractivity contribution in [3.8, 4) is 5.75 Å². The largest absolute Gasteiger partial charge is 0.496 e. The summed E-state index contributed by atoms with van der Waals surface area (Å²) in [5.41, 5.74) is 1.77. The minimum absolute atomic E-state index is 0.584. The van der Waals surface area contributed by atoms with Crippen molar-refractivity contribution in [3.63, 3.8) is 0 Å². The Balaban J connectivity index is 2.60. The Hall–Kier alpha value is -1.06. The van der Waals surface area contributed by atoms with Crippen molar-refractivity contribution in [1.82, 2.24) is 5.32 Å². The van der Waals surface area contributed by atoms with Crippen LogP contribution in [-0.4, -0.2) is 24.4 Å². The van der Waals surface area contributed by atoms with Crippen LogP contribution in [0.25, 0.3) is 0 Å². The van der Waals surface area contributed by atoms with Crippen LogP contribution in [0.5, 0.6) is 5.75 Å². The van der Waals surface area contributed by atoms with Crippen LogP contribution in [0.4, 0.5) is 0 Å². The molecule has 3 nitrogen and oxygen atoms in total. The molecule has 0 radical (unpaired) electrons. The van der Waals surface area contributed by atoms with Crippen LogP contribution in [0.3, 0.4) is 0 Å². The third kappa shape index (κ3) is 4.75. The van der Waals surface area contributed by atoms with E-state index in [0.717, 1.165) is 18.7 Å². The molecule has 1 aromatic rings. The standard InChI is InChI=1S/C14H23NO2/c1-5-12-8-11(6-7-13(12)17-4)9-15-10-14(2,3)16/h6-8,15-16H,5,9-10H2,1-4H3. The summed E-state index contributed by atoms with van der Waals surface area (Å²) in [6.45, 7) is 7.06. The van der Waals surface area contributed by atoms with E-state index in [1.807, 2.05) is 6.07 Å². The number of aryl methyl sites for hydroxylation is 1. The topological polar surface area (TPSA) is 41.5 Å². The third-order valence-electron chi connectivity index (χ3n) is 2.61. The molecule has 96 valence electrons. The fourth-order valence-corrected chi connectivity index (χ4v) is 1.73. The normalized spacial score (nSPS) is 11.6. The Morgan fingerprint density at radius 2 is 2.06 bits per heavy atom. The number of hydrogen-bond donors (Lipinski definition) is 2. The molecule has 0 aliphatic heterocycles. The van der Waals surface area contributed by atoms with Gasteiger partial charge in [-0.15, -0.1) is 0 Å². The molecule has 0 aliphatic rings. The molecule has 17 heavy (non-hydrogen) atoms. The first kappa shape index (κ1) is 14.0. The maximum Gasteiger partial charge on any atom is 0.122 e. The van der Waals surface area contributed by atoms with Crippen molar-refractivity contribution < 1.29 is 9.84 Å². The van der Waals surface area contributed by atoms with E-state index in [9.17, 15) is 5.11 Å². The van der Waals surface area contributed by atoms with Gasteiger partial charge in [0.25, 0.3) is 0 Å². The van der Waals surface area contributed by atoms with Gasteiger partial charge in [-0.3, -0.25) is 0 Å². The summed E-state index contributed by atoms with van der Waals surface area (Å²) in [7, 11) is 1.70. The van der Waals surface area contributed by atoms with Crippen LogP contribution in [0, 0.1) is 0 Å². The van der Waals surface area contributed by atoms with E-state index >= 15 is 0 Å². The Bertz CT molecular complexity index is 356. The Morgan fingerprint density at radius 3 is 2.59 bits per heavy atom. The predicted molar refractivity (Wildman–Crippen MR) is 70.4 cm³/mol. The Morgan fingerprint density at radius 1 is 1.35 bits per heavy atom. The number of aliphatic hydroxyl groups is 1. The number of ether oxygens (including phenoxy) is 1. The van der Waals surface area contributed by atoms with Crippen LogP contribution in [0.15, 0.2) is 18.2 Å². The van der Waals surface area contributed by atoms with Crippen LogP contribution in [0.2, 0.25) is 0 Å². The maximum atomic E-state index is 9.60. The summed E-state index contributed by atoms with van der Waals surface area (Å²) in [4.78, 5) is 0. The van der Waals surface area contributed by atoms with Crippen LogP contribution >= 0.6 is 0 Å². The molecule has 0 unspecified atom stereocenters. The second-order valence-corrected chi connectivity index (χ2v) is 4.92. The average molecular weight is 237 g/mol. The third-order valence-corrected chi connectivity index (χ3v) is 2.61. The molecule has 0 fully saturated rings. The second-order valence-electron chi connectivity index (χ2n) is 4.92. The summed E-state index contributed by atoms with van der Waals surface area (Å²) in [6, 6.07) is 6.20. The second kappa shape index (κ2) is 6.03. The summed E-state index contributed by atoms with van der Waals surface area (Å²) in [5, 5.41) is 12.8. The number of benzene rings is 1. The number of hydrogen-bond acceptors (Lipinski definition) is 3. The van der Waals surface area contributed by atoms with Gasteiger partial charge in [-0.25, -0.2) is 0 Å². The lowest BCUT2D eigenvalue weighted by Gasteiger charge is -2.18. The van der Waals surface area contributed by atoms with Gasteiger partial charge in [-0.2, -0.15) is 0 Å². The van der Waals surface area contributed by atoms with Crippen molar-refractivity contribution in [2.24, 2.45) is 0 Å². The minimum Gasteiger partial charge on any atom is -0.496 e. The minimum atomic E-state index is -0.667. The molecular formula is C14H23NO2. The average Bonchev–Trinajstić information content (AvgIpc) is 2.27. The zero-order chi connectivity index (χ0) is 12.9. The summed E-state index contributed by atoms with van der Waals surface area (Å²) >= 11 is 0. The highest BCUT2D eigenvalue weighted by Gasteiger charge is 2.11. The number of nitrogens with one attached hydrogen (secondary N) is 1. The van der Waals surface area contributed by atoms with Crippen molar-refractivity contribution in [3.05, 3.63) is 29.3 Å². The highest BCUT2D eigenvalue weighted by Crippen LogP contribution is 2.20. The molecule has 2 N–H and O–H groups in total. The lowest BCUT2D eigenvalue weighted by Crippen LogP contribution is -2.34. The predicted octanol–water partition coefficient (Wildman–Crippen LogP) is 2.12. The zero-order valence-electron chi connectivity index (χ0n) is 11.2. The zero-order valence-corrected chi connectivity index (χ0v) is 11.2. The van der Waals surface area contributed by atoms with E-state index < -0.39 is 5.60 Å². The van der Waals surface area contributed by atoms with Gasteiger partial charge in [0, 0.05) is 13.1 Å². The molecule has 0 amide bonds. The van der Waals surface area contributed by atoms with Gasteiger partial charge in [-0.05, 0) is 37.5 Å². The molecule has 0 saturated carbocycles. The first-order chi connectivity index (χ1) is 7.96. The lowest BCUT2D eigenvalue weighted by atomic mass is 10.1. The Kier molecular flexibility index (Phi) is 4.97. The van der Waals surface area contributed by atoms with Crippen molar-refractivity contribution in [1.29, 1.82) is 0 Å². The lowest BCUT2D eigenvalue weighted by molar-refractivity contribution is 0.0795. The van der Waals surface area contributed by atoms with E-state index in [-0.39, 0.29) is 0 Å². The smallest absolute Gasteiger partial charge is 0.122 e. The highest BCUT2D eigenvalue weighted by molar-refractivity contribution is 5.37. The van der Waals surface area contributed by atoms with Crippen LogP contribution < -0.4 is 10.1 Å². The molecule has 0 aliphatic carbocycles. The maximum absolute atomic E-state index is 9.60. The van der Waals surface area contributed by atoms with E-state index in [0.29, 0.717) is 6.54 Å². The molecule has 0 spiro atoms. The quantitative estimate of drug-likeness (QED) is 0.796. The number of rotatable bonds is 6. The van der Waals surface area contributed by atoms with Gasteiger partial charge in [0.2, 0.25) is 0 Å². The van der Waals surface area contributed by atoms with Gasteiger partial charge < -0.3 is 15.2 Å². The van der Waals surface area contributed by atoms with Gasteiger partial charge >= 0.3 is 0 Å². The van der Waals surface area contributed by atoms with E-state index in [2.05, 4.69) is 24.4 Å². The highest BCUT2D eigenvalue weighted by atomic mass is 16.5. The van der Waals surface area contributed by atoms with E-state index in [1.54, 1.807) is 21.0 Å². The fourth-order valence-electron chi connectivity index (χ4n) is 1.73. The monoisotopic (exact) mass is 237 g/mol. The molecule has 0 atom stereocenters. The molecular weight excluding hydrogens is 214 g/mol. The summed E-state index contributed by atoms with van der Waals surface area (Å²) in [5.74, 6) is 0.943. The molecule has 1 rings (SSSR count). The summed E-state index contributed by atoms with van der Waals surface area (Å²) in [6.07, 6.45) is 0.961.